The third-order valence-corrected chi connectivity index (χ3v) is 6.55. The number of fused-ring (bicyclic) bond motifs is 3. The van der Waals surface area contributed by atoms with E-state index in [-0.39, 0.29) is 11.7 Å². The molecule has 32 heavy (non-hydrogen) atoms. The van der Waals surface area contributed by atoms with Gasteiger partial charge in [0, 0.05) is 45.9 Å². The molecule has 9 heteroatoms. The Bertz CT molecular complexity index is 1100. The number of aromatic nitrogens is 1. The van der Waals surface area contributed by atoms with Crippen molar-refractivity contribution in [2.24, 2.45) is 0 Å². The second kappa shape index (κ2) is 10.4. The summed E-state index contributed by atoms with van der Waals surface area (Å²) < 4.78 is 2.25. The minimum atomic E-state index is -1.56. The molecule has 0 aliphatic carbocycles. The van der Waals surface area contributed by atoms with Gasteiger partial charge in [0.15, 0.2) is 0 Å². The van der Waals surface area contributed by atoms with Crippen LogP contribution >= 0.6 is 11.8 Å². The monoisotopic (exact) mass is 459 g/mol. The van der Waals surface area contributed by atoms with E-state index in [0.717, 1.165) is 33.2 Å². The van der Waals surface area contributed by atoms with Gasteiger partial charge in [-0.2, -0.15) is 0 Å². The summed E-state index contributed by atoms with van der Waals surface area (Å²) in [4.78, 5) is 25.3. The third kappa shape index (κ3) is 4.91. The van der Waals surface area contributed by atoms with Gasteiger partial charge < -0.3 is 30.5 Å². The van der Waals surface area contributed by atoms with Crippen molar-refractivity contribution in [3.63, 3.8) is 0 Å². The number of carbonyl (C=O) groups excluding carboxylic acids is 2. The zero-order valence-electron chi connectivity index (χ0n) is 18.2. The zero-order chi connectivity index (χ0) is 23.3. The van der Waals surface area contributed by atoms with Crippen molar-refractivity contribution < 1.29 is 24.9 Å². The molecular weight excluding hydrogens is 430 g/mol. The number of nitrogens with one attached hydrogen (secondary N) is 2. The Hall–Kier alpha value is -2.59. The number of para-hydroxylation sites is 1. The topological polar surface area (TPSA) is 124 Å². The van der Waals surface area contributed by atoms with Crippen molar-refractivity contribution in [1.29, 1.82) is 0 Å². The van der Waals surface area contributed by atoms with Crippen LogP contribution in [0.25, 0.3) is 21.8 Å². The van der Waals surface area contributed by atoms with Crippen molar-refractivity contribution in [2.75, 3.05) is 25.6 Å². The van der Waals surface area contributed by atoms with E-state index in [2.05, 4.69) is 46.4 Å². The third-order valence-electron chi connectivity index (χ3n) is 5.47. The summed E-state index contributed by atoms with van der Waals surface area (Å²) in [6.07, 6.45) is 0. The lowest BCUT2D eigenvalue weighted by molar-refractivity contribution is -0.130. The van der Waals surface area contributed by atoms with Gasteiger partial charge >= 0.3 is 0 Å². The molecule has 172 valence electrons. The Labute approximate surface area is 190 Å². The Kier molecular flexibility index (Phi) is 7.78. The molecule has 0 bridgehead atoms. The number of benzene rings is 2. The number of hydrogen-bond acceptors (Lipinski definition) is 6. The van der Waals surface area contributed by atoms with E-state index in [0.29, 0.717) is 0 Å². The summed E-state index contributed by atoms with van der Waals surface area (Å²) in [7, 11) is 0. The summed E-state index contributed by atoms with van der Waals surface area (Å²) in [5, 5.41) is 35.8. The first-order chi connectivity index (χ1) is 15.4. The van der Waals surface area contributed by atoms with Crippen molar-refractivity contribution in [1.82, 2.24) is 15.2 Å². The van der Waals surface area contributed by atoms with Crippen molar-refractivity contribution >= 4 is 45.4 Å². The SMILES string of the molecule is CCn1c2ccccc2c2cc(SCC(NC(C)=O)C(=O)NC(CO)(CO)CO)ccc21. The Morgan fingerprint density at radius 3 is 2.31 bits per heavy atom. The first-order valence-corrected chi connectivity index (χ1v) is 11.4. The van der Waals surface area contributed by atoms with Gasteiger partial charge in [-0.05, 0) is 31.2 Å². The number of aliphatic hydroxyl groups excluding tert-OH is 3. The van der Waals surface area contributed by atoms with Crippen LogP contribution in [0.2, 0.25) is 0 Å². The van der Waals surface area contributed by atoms with Crippen LogP contribution < -0.4 is 10.6 Å². The Morgan fingerprint density at radius 2 is 1.69 bits per heavy atom. The molecule has 1 atom stereocenters. The minimum Gasteiger partial charge on any atom is -0.394 e. The van der Waals surface area contributed by atoms with E-state index < -0.39 is 37.3 Å². The standard InChI is InChI=1S/C23H29N3O5S/c1-3-26-20-7-5-4-6-17(20)18-10-16(8-9-21(18)26)32-11-19(24-15(2)30)22(31)25-23(12-27,13-28)14-29/h4-10,19,27-29H,3,11-14H2,1-2H3,(H,24,30)(H,25,31). The average molecular weight is 460 g/mol. The summed E-state index contributed by atoms with van der Waals surface area (Å²) >= 11 is 1.42. The van der Waals surface area contributed by atoms with Crippen LogP contribution in [0.4, 0.5) is 0 Å². The Morgan fingerprint density at radius 1 is 1.03 bits per heavy atom. The quantitative estimate of drug-likeness (QED) is 0.291. The predicted molar refractivity (Wildman–Crippen MR) is 126 cm³/mol. The van der Waals surface area contributed by atoms with Gasteiger partial charge in [-0.15, -0.1) is 11.8 Å². The van der Waals surface area contributed by atoms with E-state index in [1.54, 1.807) is 0 Å². The highest BCUT2D eigenvalue weighted by molar-refractivity contribution is 7.99. The number of aliphatic hydroxyl groups is 3. The summed E-state index contributed by atoms with van der Waals surface area (Å²) in [5.41, 5.74) is 0.739. The number of aryl methyl sites for hydroxylation is 1. The largest absolute Gasteiger partial charge is 0.394 e. The normalized spacial score (nSPS) is 12.8. The van der Waals surface area contributed by atoms with E-state index in [1.807, 2.05) is 18.2 Å². The Balaban J connectivity index is 1.83. The summed E-state index contributed by atoms with van der Waals surface area (Å²) in [6, 6.07) is 13.4. The maximum Gasteiger partial charge on any atom is 0.244 e. The fourth-order valence-corrected chi connectivity index (χ4v) is 4.65. The van der Waals surface area contributed by atoms with E-state index in [1.165, 1.54) is 18.7 Å². The lowest BCUT2D eigenvalue weighted by atomic mass is 10.0. The number of hydrogen-bond donors (Lipinski definition) is 5. The molecule has 0 saturated heterocycles. The van der Waals surface area contributed by atoms with Crippen LogP contribution in [0.5, 0.6) is 0 Å². The van der Waals surface area contributed by atoms with Gasteiger partial charge in [0.2, 0.25) is 11.8 Å². The number of amides is 2. The van der Waals surface area contributed by atoms with Crippen LogP contribution in [0.15, 0.2) is 47.4 Å². The molecule has 3 rings (SSSR count). The summed E-state index contributed by atoms with van der Waals surface area (Å²) in [6.45, 7) is 2.37. The molecule has 0 fully saturated rings. The second-order valence-electron chi connectivity index (χ2n) is 7.75. The van der Waals surface area contributed by atoms with Crippen LogP contribution in [0.1, 0.15) is 13.8 Å². The van der Waals surface area contributed by atoms with Crippen LogP contribution in [-0.4, -0.2) is 68.9 Å². The number of nitrogens with zero attached hydrogens (tertiary/aromatic N) is 1. The molecule has 0 radical (unpaired) electrons. The molecule has 0 spiro atoms. The second-order valence-corrected chi connectivity index (χ2v) is 8.84. The lowest BCUT2D eigenvalue weighted by Gasteiger charge is -2.30. The van der Waals surface area contributed by atoms with Crippen molar-refractivity contribution in [2.45, 2.75) is 36.9 Å². The molecule has 8 nitrogen and oxygen atoms in total. The minimum absolute atomic E-state index is 0.238. The van der Waals surface area contributed by atoms with Crippen molar-refractivity contribution in [3.05, 3.63) is 42.5 Å². The smallest absolute Gasteiger partial charge is 0.244 e. The first-order valence-electron chi connectivity index (χ1n) is 10.4. The molecule has 1 unspecified atom stereocenters. The molecule has 1 heterocycles. The molecule has 5 N–H and O–H groups in total. The molecular formula is C23H29N3O5S. The highest BCUT2D eigenvalue weighted by atomic mass is 32.2. The van der Waals surface area contributed by atoms with Gasteiger partial charge in [-0.25, -0.2) is 0 Å². The number of rotatable bonds is 10. The molecule has 2 aromatic carbocycles. The highest BCUT2D eigenvalue weighted by Gasteiger charge is 2.33. The molecule has 0 aliphatic rings. The number of carbonyl (C=O) groups is 2. The fraction of sp³-hybridized carbons (Fsp3) is 0.391. The summed E-state index contributed by atoms with van der Waals surface area (Å²) in [5.74, 6) is -0.731. The fourth-order valence-electron chi connectivity index (χ4n) is 3.69. The van der Waals surface area contributed by atoms with Gasteiger partial charge in [-0.1, -0.05) is 18.2 Å². The van der Waals surface area contributed by atoms with Crippen LogP contribution in [-0.2, 0) is 16.1 Å². The lowest BCUT2D eigenvalue weighted by Crippen LogP contribution is -2.61. The molecule has 1 aromatic heterocycles. The first kappa shape index (κ1) is 24.1. The molecule has 0 aliphatic heterocycles. The molecule has 2 amide bonds. The molecule has 0 saturated carbocycles. The van der Waals surface area contributed by atoms with E-state index >= 15 is 0 Å². The van der Waals surface area contributed by atoms with Gasteiger partial charge in [-0.3, -0.25) is 9.59 Å². The van der Waals surface area contributed by atoms with E-state index in [4.69, 9.17) is 0 Å². The maximum absolute atomic E-state index is 12.7. The van der Waals surface area contributed by atoms with Crippen LogP contribution in [0.3, 0.4) is 0 Å². The molecule has 3 aromatic rings. The van der Waals surface area contributed by atoms with Gasteiger partial charge in [0.25, 0.3) is 0 Å². The number of thioether (sulfide) groups is 1. The van der Waals surface area contributed by atoms with Crippen molar-refractivity contribution in [3.8, 4) is 0 Å². The van der Waals surface area contributed by atoms with Gasteiger partial charge in [0.1, 0.15) is 11.6 Å². The zero-order valence-corrected chi connectivity index (χ0v) is 19.0. The predicted octanol–water partition coefficient (Wildman–Crippen LogP) is 1.24. The van der Waals surface area contributed by atoms with E-state index in [9.17, 15) is 24.9 Å². The maximum atomic E-state index is 12.7. The van der Waals surface area contributed by atoms with Crippen LogP contribution in [0, 0.1) is 0 Å². The van der Waals surface area contributed by atoms with Gasteiger partial charge in [0.05, 0.1) is 19.8 Å². The highest BCUT2D eigenvalue weighted by Crippen LogP contribution is 2.32. The average Bonchev–Trinajstić information content (AvgIpc) is 3.13.